The fourth-order valence-electron chi connectivity index (χ4n) is 2.77. The van der Waals surface area contributed by atoms with Crippen LogP contribution in [0.5, 0.6) is 0 Å². The second-order valence-corrected chi connectivity index (χ2v) is 27.7. The number of hydrogen-bond donors (Lipinski definition) is 6. The number of carboxylic acid groups (broad SMARTS) is 2. The number of Topliss-reactive ketones (excluding diaryl/α,β-unsaturated/α-hetero) is 1. The first-order valence-electron chi connectivity index (χ1n) is 22.1. The molecule has 0 aliphatic heterocycles. The highest BCUT2D eigenvalue weighted by Gasteiger charge is 2.15. The van der Waals surface area contributed by atoms with E-state index in [1.54, 1.807) is 6.92 Å². The topological polar surface area (TPSA) is 238 Å². The number of nitrogens with one attached hydrogen (secondary N) is 3. The second kappa shape index (κ2) is 47.1. The Kier molecular flexibility index (Phi) is 64.9. The van der Waals surface area contributed by atoms with E-state index in [4.69, 9.17) is 20.1 Å². The number of carbonyl (C=O) groups excluding carboxylic acids is 5. The summed E-state index contributed by atoms with van der Waals surface area (Å²) in [4.78, 5) is 74.4. The van der Waals surface area contributed by atoms with Crippen LogP contribution in [-0.2, 0) is 33.5 Å². The number of carbonyl (C=O) groups is 6. The summed E-state index contributed by atoms with van der Waals surface area (Å²) < 4.78 is 4.75. The van der Waals surface area contributed by atoms with Crippen molar-refractivity contribution in [3.63, 3.8) is 0 Å². The Morgan fingerprint density at radius 1 is 0.500 bits per heavy atom. The van der Waals surface area contributed by atoms with Crippen LogP contribution in [0, 0.1) is 32.5 Å². The minimum Gasteiger partial charge on any atom is -0.481 e. The molecule has 17 heteroatoms. The maximum Gasteiger partial charge on any atom is 0.404 e. The maximum absolute atomic E-state index is 10.4. The lowest BCUT2D eigenvalue weighted by molar-refractivity contribution is -0.141. The molecule has 0 aromatic rings. The largest absolute Gasteiger partial charge is 0.481 e. The zero-order chi connectivity index (χ0) is 55.4. The number of amides is 3. The van der Waals surface area contributed by atoms with Crippen LogP contribution in [0.1, 0.15) is 223 Å². The molecule has 6 N–H and O–H groups in total. The predicted molar refractivity (Wildman–Crippen MR) is 309 cm³/mol. The first-order chi connectivity index (χ1) is 28.6. The number of esters is 1. The number of isocyanates is 1. The lowest BCUT2D eigenvalue weighted by Crippen LogP contribution is -2.30. The molecule has 428 valence electrons. The van der Waals surface area contributed by atoms with Gasteiger partial charge in [-0.25, -0.2) is 14.6 Å². The predicted octanol–water partition coefficient (Wildman–Crippen LogP) is 12.9. The Balaban J connectivity index is -0.0000000546. The van der Waals surface area contributed by atoms with Crippen LogP contribution in [0.15, 0.2) is 4.99 Å². The van der Waals surface area contributed by atoms with Gasteiger partial charge in [0, 0.05) is 58.6 Å². The molecule has 70 heavy (non-hydrogen) atoms. The minimum atomic E-state index is -0.954. The molecule has 2 unspecified atom stereocenters. The molecule has 0 heterocycles. The molecular formula is C53H120N4O11P2. The zero-order valence-electron chi connectivity index (χ0n) is 46.9. The van der Waals surface area contributed by atoms with Crippen LogP contribution in [0.4, 0.5) is 4.79 Å². The Bertz CT molecular complexity index is 1200. The highest BCUT2D eigenvalue weighted by atomic mass is 31.0. The number of aliphatic imine (C=N–C) groups is 1. The van der Waals surface area contributed by atoms with Gasteiger partial charge in [-0.05, 0) is 44.6 Å². The Morgan fingerprint density at radius 2 is 0.800 bits per heavy atom. The van der Waals surface area contributed by atoms with Gasteiger partial charge in [0.05, 0.1) is 19.6 Å². The highest BCUT2D eigenvalue weighted by molar-refractivity contribution is 7.19. The van der Waals surface area contributed by atoms with Crippen molar-refractivity contribution in [1.29, 1.82) is 0 Å². The van der Waals surface area contributed by atoms with Crippen LogP contribution in [-0.4, -0.2) is 107 Å². The number of carboxylic acids is 1. The summed E-state index contributed by atoms with van der Waals surface area (Å²) >= 11 is 0. The number of ether oxygens (including phenoxy) is 1. The van der Waals surface area contributed by atoms with Gasteiger partial charge in [0.25, 0.3) is 0 Å². The molecule has 2 atom stereocenters. The summed E-state index contributed by atoms with van der Waals surface area (Å²) in [6.45, 7) is 53.6. The average Bonchev–Trinajstić information content (AvgIpc) is 3.01. The van der Waals surface area contributed by atoms with Crippen molar-refractivity contribution in [2.75, 3.05) is 39.4 Å². The smallest absolute Gasteiger partial charge is 0.404 e. The third-order valence-electron chi connectivity index (χ3n) is 5.63. The number of hydrogen-bond acceptors (Lipinski definition) is 10. The van der Waals surface area contributed by atoms with Gasteiger partial charge in [0.1, 0.15) is 5.78 Å². The van der Waals surface area contributed by atoms with E-state index < -0.39 is 12.1 Å². The molecular weight excluding hydrogens is 931 g/mol. The van der Waals surface area contributed by atoms with Crippen LogP contribution in [0.3, 0.4) is 0 Å². The van der Waals surface area contributed by atoms with Crippen LogP contribution in [0.2, 0.25) is 0 Å². The van der Waals surface area contributed by atoms with Gasteiger partial charge < -0.3 is 36.0 Å². The first-order valence-corrected chi connectivity index (χ1v) is 23.3. The van der Waals surface area contributed by atoms with E-state index in [1.165, 1.54) is 26.9 Å². The summed E-state index contributed by atoms with van der Waals surface area (Å²) in [5.74, 6) is -0.595. The number of ketones is 1. The maximum atomic E-state index is 10.4. The third-order valence-corrected chi connectivity index (χ3v) is 6.00. The van der Waals surface area contributed by atoms with Gasteiger partial charge in [-0.3, -0.25) is 24.0 Å². The quantitative estimate of drug-likeness (QED) is 0.0549. The average molecular weight is 1050 g/mol. The van der Waals surface area contributed by atoms with Gasteiger partial charge >= 0.3 is 18.0 Å². The van der Waals surface area contributed by atoms with E-state index in [2.05, 4.69) is 81.0 Å². The summed E-state index contributed by atoms with van der Waals surface area (Å²) in [5, 5.41) is 32.7. The Morgan fingerprint density at radius 3 is 0.857 bits per heavy atom. The molecule has 0 rings (SSSR count). The molecule has 0 aliphatic carbocycles. The van der Waals surface area contributed by atoms with Gasteiger partial charge in [0.2, 0.25) is 17.9 Å². The fraction of sp³-hybridized carbons (Fsp3) is 0.868. The van der Waals surface area contributed by atoms with Crippen molar-refractivity contribution in [3.8, 4) is 0 Å². The lowest BCUT2D eigenvalue weighted by Gasteiger charge is -2.17. The summed E-state index contributed by atoms with van der Waals surface area (Å²) in [6.07, 6.45) is 1.44. The van der Waals surface area contributed by atoms with Crippen molar-refractivity contribution >= 4 is 60.2 Å². The van der Waals surface area contributed by atoms with E-state index in [-0.39, 0.29) is 109 Å². The van der Waals surface area contributed by atoms with Crippen molar-refractivity contribution < 1.29 is 53.6 Å². The number of nitrogens with zero attached hydrogens (tertiary/aromatic N) is 1. The van der Waals surface area contributed by atoms with Crippen LogP contribution in [0.25, 0.3) is 0 Å². The molecule has 0 spiro atoms. The standard InChI is InChI=1S/2C7H15NO.C6H13NO2.C6H11NO.C6H13O2P.C6H12O2.C6H13OP.C5H12O.4CH4/c2*1-6(9)8-5-7(2,3)4;1-6(2,3)4-7-5(8)9;1-6(2,3)4-7-5-8;1-5(7)8-4-6(2,3)9;1-6(2,3)4-5(7)8;1-5(7)4-6(2,3)8;1-5(2,3)4-6;;;;/h2*5H2,1-4H3,(H,8,9);7H,4H2,1-3H3,(H,8,9);4H2,1-3H3;4,9H2,1-3H3;4H2,1-3H3,(H,7,8);4,8H2,1-3H3;6H,4H2,1-3H3;4*1H4. The van der Waals surface area contributed by atoms with Crippen LogP contribution < -0.4 is 16.0 Å². The monoisotopic (exact) mass is 1050 g/mol. The van der Waals surface area contributed by atoms with Crippen LogP contribution >= 0.6 is 18.5 Å². The minimum absolute atomic E-state index is 0. The van der Waals surface area contributed by atoms with E-state index in [1.807, 2.05) is 111 Å². The van der Waals surface area contributed by atoms with Crippen molar-refractivity contribution in [2.24, 2.45) is 37.5 Å². The summed E-state index contributed by atoms with van der Waals surface area (Å²) in [5.41, 5.74) is 0.582. The molecule has 15 nitrogen and oxygen atoms in total. The summed E-state index contributed by atoms with van der Waals surface area (Å²) in [7, 11) is 5.24. The van der Waals surface area contributed by atoms with Gasteiger partial charge in [0.15, 0.2) is 0 Å². The SMILES string of the molecule is C.C.C.C.CC(=O)CC(C)(C)P.CC(=O)NCC(C)(C)C.CC(=O)NCC(C)(C)C.CC(=O)OCC(C)(C)P.CC(C)(C)CC(=O)O.CC(C)(C)CN=C=O.CC(C)(C)CNC(=O)O.CC(C)(C)CO. The van der Waals surface area contributed by atoms with Crippen molar-refractivity contribution in [2.45, 2.75) is 233 Å². The Labute approximate surface area is 438 Å². The molecule has 0 aromatic carbocycles. The number of aliphatic hydroxyl groups excluding tert-OH is 1. The number of rotatable bonds is 9. The third kappa shape index (κ3) is 175. The molecule has 0 aromatic heterocycles. The Hall–Kier alpha value is -2.98. The second-order valence-electron chi connectivity index (χ2n) is 24.6. The van der Waals surface area contributed by atoms with Crippen molar-refractivity contribution in [1.82, 2.24) is 16.0 Å². The number of aliphatic hydroxyl groups is 1. The lowest BCUT2D eigenvalue weighted by atomic mass is 9.93. The molecule has 0 saturated heterocycles. The molecule has 0 fully saturated rings. The summed E-state index contributed by atoms with van der Waals surface area (Å²) in [6, 6.07) is 0. The highest BCUT2D eigenvalue weighted by Crippen LogP contribution is 2.20. The van der Waals surface area contributed by atoms with Gasteiger partial charge in [-0.2, -0.15) is 0 Å². The van der Waals surface area contributed by atoms with E-state index in [9.17, 15) is 33.6 Å². The first kappa shape index (κ1) is 96.5. The fourth-order valence-corrected chi connectivity index (χ4v) is 3.14. The zero-order valence-corrected chi connectivity index (χ0v) is 49.2. The van der Waals surface area contributed by atoms with E-state index in [0.29, 0.717) is 26.1 Å². The molecule has 0 bridgehead atoms. The normalized spacial score (nSPS) is 10.5. The molecule has 0 saturated carbocycles. The van der Waals surface area contributed by atoms with E-state index >= 15 is 0 Å². The van der Waals surface area contributed by atoms with Gasteiger partial charge in [-0.1, -0.05) is 182 Å². The van der Waals surface area contributed by atoms with E-state index in [0.717, 1.165) is 13.1 Å². The molecule has 3 amide bonds. The molecule has 0 aliphatic rings. The number of aliphatic carboxylic acids is 1. The molecule has 0 radical (unpaired) electrons. The van der Waals surface area contributed by atoms with Gasteiger partial charge in [-0.15, -0.1) is 18.5 Å². The van der Waals surface area contributed by atoms with Crippen molar-refractivity contribution in [3.05, 3.63) is 0 Å².